The molecular weight excluding hydrogens is 380 g/mol. The van der Waals surface area contributed by atoms with Gasteiger partial charge in [-0.25, -0.2) is 5.43 Å². The summed E-state index contributed by atoms with van der Waals surface area (Å²) in [6, 6.07) is 16.3. The van der Waals surface area contributed by atoms with Gasteiger partial charge in [-0.1, -0.05) is 29.8 Å². The number of ether oxygens (including phenoxy) is 3. The highest BCUT2D eigenvalue weighted by molar-refractivity contribution is 6.30. The lowest BCUT2D eigenvalue weighted by atomic mass is 10.0. The third kappa shape index (κ3) is 4.72. The summed E-state index contributed by atoms with van der Waals surface area (Å²) in [5.41, 5.74) is 3.18. The number of rotatable bonds is 7. The molecule has 0 aliphatic carbocycles. The SMILES string of the molecule is COc1ccc2ccc(OC)c(/C=N/NC(=O)COc3cccc(Cl)c3)c2c1. The summed E-state index contributed by atoms with van der Waals surface area (Å²) in [7, 11) is 3.19. The fraction of sp³-hybridized carbons (Fsp3) is 0.143. The topological polar surface area (TPSA) is 69.2 Å². The second-order valence-corrected chi connectivity index (χ2v) is 6.24. The third-order valence-corrected chi connectivity index (χ3v) is 4.23. The number of methoxy groups -OCH3 is 2. The molecule has 0 aliphatic rings. The monoisotopic (exact) mass is 398 g/mol. The Kier molecular flexibility index (Phi) is 6.34. The molecule has 0 saturated heterocycles. The van der Waals surface area contributed by atoms with Crippen LogP contribution in [0.5, 0.6) is 17.2 Å². The van der Waals surface area contributed by atoms with Gasteiger partial charge in [0.15, 0.2) is 6.61 Å². The maximum atomic E-state index is 12.0. The minimum Gasteiger partial charge on any atom is -0.497 e. The van der Waals surface area contributed by atoms with Crippen LogP contribution in [0.1, 0.15) is 5.56 Å². The summed E-state index contributed by atoms with van der Waals surface area (Å²) in [6.07, 6.45) is 1.54. The van der Waals surface area contributed by atoms with Crippen molar-refractivity contribution < 1.29 is 19.0 Å². The van der Waals surface area contributed by atoms with Gasteiger partial charge in [-0.05, 0) is 47.2 Å². The predicted octanol–water partition coefficient (Wildman–Crippen LogP) is 4.04. The maximum Gasteiger partial charge on any atom is 0.277 e. The van der Waals surface area contributed by atoms with E-state index >= 15 is 0 Å². The number of hydrogen-bond acceptors (Lipinski definition) is 5. The first kappa shape index (κ1) is 19.5. The minimum atomic E-state index is -0.395. The van der Waals surface area contributed by atoms with Crippen LogP contribution in [0.15, 0.2) is 59.7 Å². The van der Waals surface area contributed by atoms with Gasteiger partial charge in [0.1, 0.15) is 17.2 Å². The molecule has 144 valence electrons. The second-order valence-electron chi connectivity index (χ2n) is 5.81. The van der Waals surface area contributed by atoms with E-state index in [0.717, 1.165) is 22.1 Å². The molecule has 1 N–H and O–H groups in total. The molecule has 0 bridgehead atoms. The van der Waals surface area contributed by atoms with E-state index in [4.69, 9.17) is 25.8 Å². The van der Waals surface area contributed by atoms with Crippen LogP contribution in [0.4, 0.5) is 0 Å². The van der Waals surface area contributed by atoms with Crippen molar-refractivity contribution in [3.63, 3.8) is 0 Å². The number of benzene rings is 3. The Labute approximate surface area is 167 Å². The van der Waals surface area contributed by atoms with E-state index in [9.17, 15) is 4.79 Å². The van der Waals surface area contributed by atoms with Gasteiger partial charge in [-0.15, -0.1) is 0 Å². The van der Waals surface area contributed by atoms with Crippen LogP contribution in [0.25, 0.3) is 10.8 Å². The van der Waals surface area contributed by atoms with E-state index in [-0.39, 0.29) is 6.61 Å². The molecule has 0 atom stereocenters. The number of fused-ring (bicyclic) bond motifs is 1. The molecule has 0 radical (unpaired) electrons. The van der Waals surface area contributed by atoms with Crippen LogP contribution in [-0.2, 0) is 4.79 Å². The fourth-order valence-corrected chi connectivity index (χ4v) is 2.83. The van der Waals surface area contributed by atoms with Crippen LogP contribution in [0.3, 0.4) is 0 Å². The van der Waals surface area contributed by atoms with Crippen molar-refractivity contribution in [1.82, 2.24) is 5.43 Å². The third-order valence-electron chi connectivity index (χ3n) is 4.00. The lowest BCUT2D eigenvalue weighted by Gasteiger charge is -2.10. The average molecular weight is 399 g/mol. The normalized spacial score (nSPS) is 10.8. The summed E-state index contributed by atoms with van der Waals surface area (Å²) < 4.78 is 16.1. The van der Waals surface area contributed by atoms with E-state index in [1.54, 1.807) is 38.5 Å². The molecule has 6 nitrogen and oxygen atoms in total. The summed E-state index contributed by atoms with van der Waals surface area (Å²) in [4.78, 5) is 12.0. The molecule has 3 aromatic carbocycles. The molecule has 7 heteroatoms. The Morgan fingerprint density at radius 2 is 1.89 bits per heavy atom. The van der Waals surface area contributed by atoms with Gasteiger partial charge in [-0.3, -0.25) is 4.79 Å². The fourth-order valence-electron chi connectivity index (χ4n) is 2.65. The Balaban J connectivity index is 1.72. The van der Waals surface area contributed by atoms with E-state index in [1.807, 2.05) is 30.3 Å². The second kappa shape index (κ2) is 9.10. The number of amides is 1. The highest BCUT2D eigenvalue weighted by atomic mass is 35.5. The molecule has 0 spiro atoms. The van der Waals surface area contributed by atoms with E-state index in [0.29, 0.717) is 16.5 Å². The van der Waals surface area contributed by atoms with Crippen molar-refractivity contribution in [2.45, 2.75) is 0 Å². The zero-order valence-electron chi connectivity index (χ0n) is 15.4. The predicted molar refractivity (Wildman–Crippen MR) is 110 cm³/mol. The van der Waals surface area contributed by atoms with Gasteiger partial charge in [0.05, 0.1) is 20.4 Å². The maximum absolute atomic E-state index is 12.0. The molecular formula is C21H19ClN2O4. The van der Waals surface area contributed by atoms with Gasteiger partial charge in [-0.2, -0.15) is 5.10 Å². The van der Waals surface area contributed by atoms with Gasteiger partial charge < -0.3 is 14.2 Å². The largest absolute Gasteiger partial charge is 0.497 e. The number of carbonyl (C=O) groups excluding carboxylic acids is 1. The molecule has 3 rings (SSSR count). The number of nitrogens with one attached hydrogen (secondary N) is 1. The summed E-state index contributed by atoms with van der Waals surface area (Å²) in [6.45, 7) is -0.182. The Morgan fingerprint density at radius 1 is 1.07 bits per heavy atom. The molecule has 1 amide bonds. The number of carbonyl (C=O) groups is 1. The number of hydrogen-bond donors (Lipinski definition) is 1. The van der Waals surface area contributed by atoms with Crippen molar-refractivity contribution in [2.24, 2.45) is 5.10 Å². The van der Waals surface area contributed by atoms with Crippen LogP contribution in [-0.4, -0.2) is 32.9 Å². The first-order chi connectivity index (χ1) is 13.6. The van der Waals surface area contributed by atoms with Crippen LogP contribution >= 0.6 is 11.6 Å². The number of hydrazone groups is 1. The molecule has 28 heavy (non-hydrogen) atoms. The molecule has 0 aliphatic heterocycles. The van der Waals surface area contributed by atoms with Crippen molar-refractivity contribution in [1.29, 1.82) is 0 Å². The number of halogens is 1. The molecule has 0 fully saturated rings. The average Bonchev–Trinajstić information content (AvgIpc) is 2.72. The van der Waals surface area contributed by atoms with Crippen LogP contribution in [0, 0.1) is 0 Å². The van der Waals surface area contributed by atoms with E-state index in [2.05, 4.69) is 10.5 Å². The molecule has 3 aromatic rings. The van der Waals surface area contributed by atoms with Crippen LogP contribution in [0.2, 0.25) is 5.02 Å². The van der Waals surface area contributed by atoms with Crippen LogP contribution < -0.4 is 19.6 Å². The Hall–Kier alpha value is -3.25. The van der Waals surface area contributed by atoms with E-state index in [1.165, 1.54) is 6.21 Å². The standard InChI is InChI=1S/C21H19ClN2O4/c1-26-16-8-6-14-7-9-20(27-2)19(18(14)11-16)12-23-24-21(25)13-28-17-5-3-4-15(22)10-17/h3-12H,13H2,1-2H3,(H,24,25)/b23-12+. The summed E-state index contributed by atoms with van der Waals surface area (Å²) in [5, 5.41) is 6.46. The molecule has 0 unspecified atom stereocenters. The van der Waals surface area contributed by atoms with Gasteiger partial charge in [0, 0.05) is 10.6 Å². The summed E-state index contributed by atoms with van der Waals surface area (Å²) in [5.74, 6) is 1.46. The van der Waals surface area contributed by atoms with Gasteiger partial charge >= 0.3 is 0 Å². The number of nitrogens with zero attached hydrogens (tertiary/aromatic N) is 1. The zero-order valence-corrected chi connectivity index (χ0v) is 16.2. The Morgan fingerprint density at radius 3 is 2.64 bits per heavy atom. The van der Waals surface area contributed by atoms with Gasteiger partial charge in [0.25, 0.3) is 5.91 Å². The quantitative estimate of drug-likeness (QED) is 0.481. The minimum absolute atomic E-state index is 0.182. The summed E-state index contributed by atoms with van der Waals surface area (Å²) >= 11 is 5.88. The lowest BCUT2D eigenvalue weighted by molar-refractivity contribution is -0.123. The first-order valence-corrected chi connectivity index (χ1v) is 8.83. The smallest absolute Gasteiger partial charge is 0.277 e. The van der Waals surface area contributed by atoms with Gasteiger partial charge in [0.2, 0.25) is 0 Å². The van der Waals surface area contributed by atoms with E-state index < -0.39 is 5.91 Å². The van der Waals surface area contributed by atoms with Crippen molar-refractivity contribution in [3.05, 3.63) is 65.2 Å². The van der Waals surface area contributed by atoms with Crippen molar-refractivity contribution >= 4 is 34.5 Å². The highest BCUT2D eigenvalue weighted by Crippen LogP contribution is 2.29. The van der Waals surface area contributed by atoms with Crippen molar-refractivity contribution in [2.75, 3.05) is 20.8 Å². The molecule has 0 aromatic heterocycles. The lowest BCUT2D eigenvalue weighted by Crippen LogP contribution is -2.24. The molecule has 0 saturated carbocycles. The molecule has 0 heterocycles. The first-order valence-electron chi connectivity index (χ1n) is 8.45. The Bertz CT molecular complexity index is 1020. The van der Waals surface area contributed by atoms with Crippen molar-refractivity contribution in [3.8, 4) is 17.2 Å². The highest BCUT2D eigenvalue weighted by Gasteiger charge is 2.08. The zero-order chi connectivity index (χ0) is 19.9.